The van der Waals surface area contributed by atoms with Crippen LogP contribution in [0, 0.1) is 5.82 Å². The van der Waals surface area contributed by atoms with E-state index in [0.717, 1.165) is 0 Å². The number of anilines is 1. The number of rotatable bonds is 7. The van der Waals surface area contributed by atoms with Crippen molar-refractivity contribution in [2.24, 2.45) is 0 Å². The SMILES string of the molecule is O=C(Nc1ccc(F)cc1)C1(c2ccc(-c3cnc(OC(F)F)cc3CO)cn2)COC1. The summed E-state index contributed by atoms with van der Waals surface area (Å²) in [5, 5.41) is 12.4. The van der Waals surface area contributed by atoms with Crippen molar-refractivity contribution in [3.05, 3.63) is 71.9 Å². The number of carbonyl (C=O) groups excluding carboxylic acids is 1. The molecule has 7 nitrogen and oxygen atoms in total. The number of amides is 1. The van der Waals surface area contributed by atoms with E-state index in [2.05, 4.69) is 20.0 Å². The summed E-state index contributed by atoms with van der Waals surface area (Å²) in [4.78, 5) is 21.2. The minimum atomic E-state index is -3.03. The first-order valence-corrected chi connectivity index (χ1v) is 9.57. The van der Waals surface area contributed by atoms with Crippen molar-refractivity contribution in [1.29, 1.82) is 0 Å². The van der Waals surface area contributed by atoms with Crippen molar-refractivity contribution in [3.8, 4) is 17.0 Å². The normalized spacial score (nSPS) is 14.7. The highest BCUT2D eigenvalue weighted by Gasteiger charge is 2.48. The average molecular weight is 445 g/mol. The standard InChI is InChI=1S/C22H18F3N3O4/c23-15-2-4-16(5-3-15)28-20(30)22(11-31-12-22)18-6-1-13(8-26-18)17-9-27-19(32-21(24)25)7-14(17)10-29/h1-9,21,29H,10-12H2,(H,28,30). The summed E-state index contributed by atoms with van der Waals surface area (Å²) in [5.41, 5.74) is 1.32. The maximum Gasteiger partial charge on any atom is 0.388 e. The lowest BCUT2D eigenvalue weighted by Crippen LogP contribution is -2.56. The molecule has 1 aliphatic heterocycles. The predicted molar refractivity (Wildman–Crippen MR) is 108 cm³/mol. The largest absolute Gasteiger partial charge is 0.417 e. The number of alkyl halides is 2. The number of nitrogens with zero attached hydrogens (tertiary/aromatic N) is 2. The third kappa shape index (κ3) is 4.27. The Kier molecular flexibility index (Phi) is 6.06. The fourth-order valence-corrected chi connectivity index (χ4v) is 3.34. The molecule has 0 aliphatic carbocycles. The van der Waals surface area contributed by atoms with Gasteiger partial charge in [0.25, 0.3) is 0 Å². The Labute approximate surface area is 180 Å². The van der Waals surface area contributed by atoms with Gasteiger partial charge in [-0.15, -0.1) is 0 Å². The quantitative estimate of drug-likeness (QED) is 0.580. The van der Waals surface area contributed by atoms with Gasteiger partial charge in [-0.2, -0.15) is 8.78 Å². The number of aliphatic hydroxyl groups excluding tert-OH is 1. The number of nitrogens with one attached hydrogen (secondary N) is 1. The zero-order valence-electron chi connectivity index (χ0n) is 16.6. The Bertz CT molecular complexity index is 1100. The van der Waals surface area contributed by atoms with Crippen LogP contribution in [0.1, 0.15) is 11.3 Å². The number of hydrogen-bond donors (Lipinski definition) is 2. The van der Waals surface area contributed by atoms with Crippen LogP contribution in [0.25, 0.3) is 11.1 Å². The van der Waals surface area contributed by atoms with Gasteiger partial charge in [0, 0.05) is 35.3 Å². The molecule has 0 bridgehead atoms. The van der Waals surface area contributed by atoms with Crippen molar-refractivity contribution in [3.63, 3.8) is 0 Å². The monoisotopic (exact) mass is 445 g/mol. The van der Waals surface area contributed by atoms with Gasteiger partial charge in [0.15, 0.2) is 0 Å². The Balaban J connectivity index is 1.57. The van der Waals surface area contributed by atoms with Crippen LogP contribution < -0.4 is 10.1 Å². The highest BCUT2D eigenvalue weighted by Crippen LogP contribution is 2.34. The minimum Gasteiger partial charge on any atom is -0.417 e. The Morgan fingerprint density at radius 1 is 1.16 bits per heavy atom. The van der Waals surface area contributed by atoms with Crippen LogP contribution in [0.4, 0.5) is 18.9 Å². The van der Waals surface area contributed by atoms with Crippen LogP contribution in [0.5, 0.6) is 5.88 Å². The van der Waals surface area contributed by atoms with E-state index >= 15 is 0 Å². The number of hydrogen-bond acceptors (Lipinski definition) is 6. The van der Waals surface area contributed by atoms with Gasteiger partial charge in [0.2, 0.25) is 11.8 Å². The van der Waals surface area contributed by atoms with Crippen molar-refractivity contribution < 1.29 is 32.5 Å². The molecular formula is C22H18F3N3O4. The molecular weight excluding hydrogens is 427 g/mol. The lowest BCUT2D eigenvalue weighted by molar-refractivity contribution is -0.140. The molecule has 10 heteroatoms. The number of benzene rings is 1. The van der Waals surface area contributed by atoms with E-state index in [1.165, 1.54) is 42.7 Å². The predicted octanol–water partition coefficient (Wildman–Crippen LogP) is 3.28. The molecule has 3 heterocycles. The minimum absolute atomic E-state index is 0.134. The lowest BCUT2D eigenvalue weighted by Gasteiger charge is -2.39. The molecule has 2 N–H and O–H groups in total. The van der Waals surface area contributed by atoms with Gasteiger partial charge in [0.1, 0.15) is 11.2 Å². The van der Waals surface area contributed by atoms with Crippen LogP contribution in [-0.4, -0.2) is 40.8 Å². The molecule has 0 spiro atoms. The smallest absolute Gasteiger partial charge is 0.388 e. The fraction of sp³-hybridized carbons (Fsp3) is 0.227. The van der Waals surface area contributed by atoms with E-state index in [0.29, 0.717) is 28.1 Å². The number of pyridine rings is 2. The van der Waals surface area contributed by atoms with Crippen molar-refractivity contribution in [2.45, 2.75) is 18.6 Å². The van der Waals surface area contributed by atoms with Crippen LogP contribution in [0.3, 0.4) is 0 Å². The van der Waals surface area contributed by atoms with Gasteiger partial charge >= 0.3 is 6.61 Å². The third-order valence-electron chi connectivity index (χ3n) is 5.14. The van der Waals surface area contributed by atoms with Crippen LogP contribution in [-0.2, 0) is 21.6 Å². The Morgan fingerprint density at radius 2 is 1.91 bits per heavy atom. The van der Waals surface area contributed by atoms with E-state index in [4.69, 9.17) is 4.74 Å². The Morgan fingerprint density at radius 3 is 2.47 bits per heavy atom. The van der Waals surface area contributed by atoms with Crippen LogP contribution in [0.15, 0.2) is 54.9 Å². The average Bonchev–Trinajstić information content (AvgIpc) is 2.75. The molecule has 0 atom stereocenters. The Hall–Kier alpha value is -3.50. The third-order valence-corrected chi connectivity index (χ3v) is 5.14. The number of halogens is 3. The number of aromatic nitrogens is 2. The van der Waals surface area contributed by atoms with E-state index < -0.39 is 24.5 Å². The second-order valence-corrected chi connectivity index (χ2v) is 7.18. The van der Waals surface area contributed by atoms with Gasteiger partial charge in [-0.05, 0) is 35.9 Å². The molecule has 1 amide bonds. The van der Waals surface area contributed by atoms with Crippen molar-refractivity contribution in [2.75, 3.05) is 18.5 Å². The summed E-state index contributed by atoms with van der Waals surface area (Å²) >= 11 is 0. The maximum atomic E-state index is 13.1. The maximum absolute atomic E-state index is 13.1. The first-order chi connectivity index (χ1) is 15.4. The molecule has 3 aromatic rings. The molecule has 1 fully saturated rings. The summed E-state index contributed by atoms with van der Waals surface area (Å²) in [7, 11) is 0. The topological polar surface area (TPSA) is 93.6 Å². The van der Waals surface area contributed by atoms with Crippen molar-refractivity contribution in [1.82, 2.24) is 9.97 Å². The summed E-state index contributed by atoms with van der Waals surface area (Å²) in [6.07, 6.45) is 2.81. The van der Waals surface area contributed by atoms with Gasteiger partial charge in [-0.3, -0.25) is 9.78 Å². The van der Waals surface area contributed by atoms with Crippen molar-refractivity contribution >= 4 is 11.6 Å². The molecule has 1 aromatic carbocycles. The molecule has 0 radical (unpaired) electrons. The van der Waals surface area contributed by atoms with Gasteiger partial charge in [-0.25, -0.2) is 9.37 Å². The van der Waals surface area contributed by atoms with E-state index in [9.17, 15) is 23.1 Å². The van der Waals surface area contributed by atoms with Gasteiger partial charge in [-0.1, -0.05) is 6.07 Å². The summed E-state index contributed by atoms with van der Waals surface area (Å²) in [6.45, 7) is -3.18. The second-order valence-electron chi connectivity index (χ2n) is 7.18. The van der Waals surface area contributed by atoms with E-state index in [1.54, 1.807) is 12.1 Å². The lowest BCUT2D eigenvalue weighted by atomic mass is 9.80. The summed E-state index contributed by atoms with van der Waals surface area (Å²) < 4.78 is 47.5. The zero-order chi connectivity index (χ0) is 22.7. The van der Waals surface area contributed by atoms with Crippen LogP contribution >= 0.6 is 0 Å². The molecule has 32 heavy (non-hydrogen) atoms. The zero-order valence-corrected chi connectivity index (χ0v) is 16.6. The second kappa shape index (κ2) is 8.93. The molecule has 4 rings (SSSR count). The summed E-state index contributed by atoms with van der Waals surface area (Å²) in [6, 6.07) is 9.99. The molecule has 0 unspecified atom stereocenters. The van der Waals surface area contributed by atoms with Crippen LogP contribution in [0.2, 0.25) is 0 Å². The van der Waals surface area contributed by atoms with Gasteiger partial charge in [0.05, 0.1) is 25.5 Å². The van der Waals surface area contributed by atoms with E-state index in [-0.39, 0.29) is 25.0 Å². The highest BCUT2D eigenvalue weighted by atomic mass is 19.3. The number of carbonyl (C=O) groups is 1. The number of ether oxygens (including phenoxy) is 2. The molecule has 166 valence electrons. The first-order valence-electron chi connectivity index (χ1n) is 9.57. The molecule has 2 aromatic heterocycles. The fourth-order valence-electron chi connectivity index (χ4n) is 3.34. The summed E-state index contributed by atoms with van der Waals surface area (Å²) in [5.74, 6) is -1.05. The molecule has 0 saturated carbocycles. The molecule has 1 saturated heterocycles. The van der Waals surface area contributed by atoms with Gasteiger partial charge < -0.3 is 19.9 Å². The molecule has 1 aliphatic rings. The highest BCUT2D eigenvalue weighted by molar-refractivity contribution is 5.99. The first kappa shape index (κ1) is 21.7. The number of aliphatic hydroxyl groups is 1. The van der Waals surface area contributed by atoms with E-state index in [1.807, 2.05) is 0 Å².